The fourth-order valence-electron chi connectivity index (χ4n) is 2.41. The smallest absolute Gasteiger partial charge is 0.0970 e. The summed E-state index contributed by atoms with van der Waals surface area (Å²) >= 11 is 12.0. The highest BCUT2D eigenvalue weighted by molar-refractivity contribution is 6.30. The minimum absolute atomic E-state index is 0.151. The first-order chi connectivity index (χ1) is 9.20. The molecule has 0 spiro atoms. The molecule has 0 saturated carbocycles. The van der Waals surface area contributed by atoms with E-state index in [1.54, 1.807) is 6.21 Å². The zero-order valence-corrected chi connectivity index (χ0v) is 11.6. The molecule has 1 aromatic carbocycles. The first-order valence-corrected chi connectivity index (χ1v) is 6.90. The van der Waals surface area contributed by atoms with Crippen LogP contribution in [-0.2, 0) is 6.42 Å². The fraction of sp³-hybridized carbons (Fsp3) is 0.214. The molecule has 2 heterocycles. The van der Waals surface area contributed by atoms with Gasteiger partial charge >= 0.3 is 0 Å². The SMILES string of the molecule is ON1C(=C2C=CC=N2)c2cc(Cl)ccc2CC1CCl. The summed E-state index contributed by atoms with van der Waals surface area (Å²) in [6, 6.07) is 5.54. The summed E-state index contributed by atoms with van der Waals surface area (Å²) in [6.07, 6.45) is 6.09. The van der Waals surface area contributed by atoms with Gasteiger partial charge in [0.2, 0.25) is 0 Å². The largest absolute Gasteiger partial charge is 0.288 e. The standard InChI is InChI=1S/C14H12Cl2N2O/c15-8-11-6-9-3-4-10(16)7-12(9)14(18(11)19)13-2-1-5-17-13/h1-5,7,11,19H,6,8H2. The summed E-state index contributed by atoms with van der Waals surface area (Å²) in [5, 5.41) is 12.2. The molecule has 0 radical (unpaired) electrons. The van der Waals surface area contributed by atoms with Gasteiger partial charge in [-0.3, -0.25) is 10.2 Å². The zero-order valence-electron chi connectivity index (χ0n) is 10.1. The number of rotatable bonds is 1. The zero-order chi connectivity index (χ0) is 13.4. The Hall–Kier alpha value is -1.29. The summed E-state index contributed by atoms with van der Waals surface area (Å²) in [5.74, 6) is 0.350. The molecular weight excluding hydrogens is 283 g/mol. The summed E-state index contributed by atoms with van der Waals surface area (Å²) in [5.41, 5.74) is 3.42. The maximum absolute atomic E-state index is 10.4. The number of benzene rings is 1. The van der Waals surface area contributed by atoms with Crippen LogP contribution in [0.2, 0.25) is 5.02 Å². The average Bonchev–Trinajstić information content (AvgIpc) is 2.91. The number of aliphatic imine (C=N–C) groups is 1. The van der Waals surface area contributed by atoms with Crippen molar-refractivity contribution in [2.45, 2.75) is 12.5 Å². The quantitative estimate of drug-likeness (QED) is 0.805. The van der Waals surface area contributed by atoms with E-state index in [1.165, 1.54) is 5.06 Å². The van der Waals surface area contributed by atoms with Gasteiger partial charge in [-0.2, -0.15) is 0 Å². The molecule has 0 aliphatic carbocycles. The number of hydrogen-bond acceptors (Lipinski definition) is 3. The van der Waals surface area contributed by atoms with Crippen molar-refractivity contribution in [2.75, 3.05) is 5.88 Å². The van der Waals surface area contributed by atoms with Crippen molar-refractivity contribution in [3.05, 3.63) is 52.2 Å². The molecule has 0 saturated heterocycles. The molecule has 2 aliphatic heterocycles. The molecule has 98 valence electrons. The minimum Gasteiger partial charge on any atom is -0.288 e. The van der Waals surface area contributed by atoms with Crippen LogP contribution in [-0.4, -0.2) is 28.4 Å². The molecule has 2 aliphatic rings. The van der Waals surface area contributed by atoms with Crippen molar-refractivity contribution in [3.63, 3.8) is 0 Å². The number of hydroxylamine groups is 2. The van der Waals surface area contributed by atoms with E-state index in [2.05, 4.69) is 4.99 Å². The van der Waals surface area contributed by atoms with E-state index in [0.29, 0.717) is 23.0 Å². The van der Waals surface area contributed by atoms with E-state index in [1.807, 2.05) is 30.4 Å². The number of allylic oxidation sites excluding steroid dienone is 2. The van der Waals surface area contributed by atoms with Crippen LogP contribution in [0.1, 0.15) is 11.1 Å². The third-order valence-electron chi connectivity index (χ3n) is 3.33. The second kappa shape index (κ2) is 5.00. The van der Waals surface area contributed by atoms with Crippen molar-refractivity contribution in [1.82, 2.24) is 5.06 Å². The predicted molar refractivity (Wildman–Crippen MR) is 77.8 cm³/mol. The van der Waals surface area contributed by atoms with Crippen LogP contribution in [0.5, 0.6) is 0 Å². The minimum atomic E-state index is -0.151. The number of fused-ring (bicyclic) bond motifs is 1. The van der Waals surface area contributed by atoms with E-state index in [0.717, 1.165) is 16.8 Å². The normalized spacial score (nSPS) is 25.0. The van der Waals surface area contributed by atoms with Crippen LogP contribution in [0, 0.1) is 0 Å². The van der Waals surface area contributed by atoms with Crippen molar-refractivity contribution < 1.29 is 5.21 Å². The van der Waals surface area contributed by atoms with Crippen LogP contribution < -0.4 is 0 Å². The van der Waals surface area contributed by atoms with E-state index in [-0.39, 0.29) is 6.04 Å². The van der Waals surface area contributed by atoms with Gasteiger partial charge in [0, 0.05) is 22.7 Å². The second-order valence-corrected chi connectivity index (χ2v) is 5.27. The second-order valence-electron chi connectivity index (χ2n) is 4.53. The molecule has 1 unspecified atom stereocenters. The highest BCUT2D eigenvalue weighted by Gasteiger charge is 2.30. The molecule has 1 N–H and O–H groups in total. The Kier molecular flexibility index (Phi) is 3.35. The third-order valence-corrected chi connectivity index (χ3v) is 3.92. The summed E-state index contributed by atoms with van der Waals surface area (Å²) in [7, 11) is 0. The number of alkyl halides is 1. The lowest BCUT2D eigenvalue weighted by Gasteiger charge is -2.35. The summed E-state index contributed by atoms with van der Waals surface area (Å²) < 4.78 is 0. The molecule has 5 heteroatoms. The summed E-state index contributed by atoms with van der Waals surface area (Å²) in [4.78, 5) is 4.26. The van der Waals surface area contributed by atoms with Crippen LogP contribution in [0.3, 0.4) is 0 Å². The van der Waals surface area contributed by atoms with Gasteiger partial charge in [-0.15, -0.1) is 11.6 Å². The molecule has 0 fully saturated rings. The van der Waals surface area contributed by atoms with Crippen LogP contribution in [0.25, 0.3) is 5.70 Å². The Bertz CT molecular complexity index is 593. The van der Waals surface area contributed by atoms with Gasteiger partial charge in [-0.05, 0) is 36.3 Å². The number of hydrogen-bond donors (Lipinski definition) is 1. The van der Waals surface area contributed by atoms with Crippen molar-refractivity contribution >= 4 is 35.1 Å². The monoisotopic (exact) mass is 294 g/mol. The van der Waals surface area contributed by atoms with E-state index >= 15 is 0 Å². The Morgan fingerprint density at radius 2 is 2.26 bits per heavy atom. The fourth-order valence-corrected chi connectivity index (χ4v) is 2.82. The molecule has 0 amide bonds. The molecule has 1 atom stereocenters. The van der Waals surface area contributed by atoms with Crippen LogP contribution >= 0.6 is 23.2 Å². The van der Waals surface area contributed by atoms with Gasteiger partial charge in [-0.1, -0.05) is 17.7 Å². The number of nitrogens with zero attached hydrogens (tertiary/aromatic N) is 2. The summed E-state index contributed by atoms with van der Waals surface area (Å²) in [6.45, 7) is 0. The lowest BCUT2D eigenvalue weighted by atomic mass is 9.92. The molecule has 0 aromatic heterocycles. The van der Waals surface area contributed by atoms with Gasteiger partial charge < -0.3 is 0 Å². The Labute approximate surface area is 121 Å². The molecule has 3 rings (SSSR count). The first kappa shape index (κ1) is 12.7. The highest BCUT2D eigenvalue weighted by Crippen LogP contribution is 2.36. The van der Waals surface area contributed by atoms with E-state index < -0.39 is 0 Å². The van der Waals surface area contributed by atoms with Crippen molar-refractivity contribution in [2.24, 2.45) is 4.99 Å². The maximum atomic E-state index is 10.4. The van der Waals surface area contributed by atoms with Gasteiger partial charge in [0.15, 0.2) is 0 Å². The van der Waals surface area contributed by atoms with Gasteiger partial charge in [-0.25, -0.2) is 5.06 Å². The Morgan fingerprint density at radius 1 is 1.42 bits per heavy atom. The highest BCUT2D eigenvalue weighted by atomic mass is 35.5. The van der Waals surface area contributed by atoms with Crippen molar-refractivity contribution in [1.29, 1.82) is 0 Å². The van der Waals surface area contributed by atoms with Gasteiger partial charge in [0.25, 0.3) is 0 Å². The van der Waals surface area contributed by atoms with Gasteiger partial charge in [0.1, 0.15) is 0 Å². The maximum Gasteiger partial charge on any atom is 0.0970 e. The molecule has 3 nitrogen and oxygen atoms in total. The third kappa shape index (κ3) is 2.18. The van der Waals surface area contributed by atoms with Gasteiger partial charge in [0.05, 0.1) is 17.4 Å². The Morgan fingerprint density at radius 3 is 2.95 bits per heavy atom. The topological polar surface area (TPSA) is 35.8 Å². The molecule has 19 heavy (non-hydrogen) atoms. The lowest BCUT2D eigenvalue weighted by molar-refractivity contribution is -0.0626. The first-order valence-electron chi connectivity index (χ1n) is 5.98. The lowest BCUT2D eigenvalue weighted by Crippen LogP contribution is -2.38. The predicted octanol–water partition coefficient (Wildman–Crippen LogP) is 3.50. The van der Waals surface area contributed by atoms with Crippen LogP contribution in [0.15, 0.2) is 41.0 Å². The average molecular weight is 295 g/mol. The molecule has 0 bridgehead atoms. The molecule has 1 aromatic rings. The Balaban J connectivity index is 2.21. The van der Waals surface area contributed by atoms with Crippen LogP contribution in [0.4, 0.5) is 0 Å². The van der Waals surface area contributed by atoms with E-state index in [9.17, 15) is 5.21 Å². The number of halogens is 2. The van der Waals surface area contributed by atoms with E-state index in [4.69, 9.17) is 23.2 Å². The van der Waals surface area contributed by atoms with Crippen molar-refractivity contribution in [3.8, 4) is 0 Å². The molecular formula is C14H12Cl2N2O.